The van der Waals surface area contributed by atoms with E-state index in [1.165, 1.54) is 0 Å². The molecule has 0 radical (unpaired) electrons. The van der Waals surface area contributed by atoms with Gasteiger partial charge >= 0.3 is 13.9 Å². The molecule has 0 bridgehead atoms. The van der Waals surface area contributed by atoms with Crippen molar-refractivity contribution in [2.24, 2.45) is 0 Å². The molecule has 6 nitrogen and oxygen atoms in total. The quantitative estimate of drug-likeness (QED) is 0.404. The highest BCUT2D eigenvalue weighted by atomic mass is 31.2. The summed E-state index contributed by atoms with van der Waals surface area (Å²) in [5, 5.41) is 0. The highest BCUT2D eigenvalue weighted by molar-refractivity contribution is 7.58. The molecule has 0 fully saturated rings. The Hall–Kier alpha value is -2.63. The molecule has 0 saturated heterocycles. The fraction of sp³-hybridized carbons (Fsp3) is 0.100. The minimum absolute atomic E-state index is 0.373. The molecule has 0 atom stereocenters. The van der Waals surface area contributed by atoms with Gasteiger partial charge in [-0.15, -0.1) is 0 Å². The molecule has 27 heavy (non-hydrogen) atoms. The Labute approximate surface area is 157 Å². The zero-order valence-electron chi connectivity index (χ0n) is 14.4. The van der Waals surface area contributed by atoms with Crippen LogP contribution in [0.5, 0.6) is 17.2 Å². The van der Waals surface area contributed by atoms with E-state index in [-0.39, 0.29) is 0 Å². The van der Waals surface area contributed by atoms with Gasteiger partial charge in [0.1, 0.15) is 17.2 Å². The second-order valence-electron chi connectivity index (χ2n) is 5.78. The van der Waals surface area contributed by atoms with Crippen LogP contribution in [0.3, 0.4) is 0 Å². The lowest BCUT2D eigenvalue weighted by molar-refractivity contribution is -0.237. The molecule has 0 saturated carbocycles. The topological polar surface area (TPSA) is 88.4 Å². The molecule has 0 aliphatic heterocycles. The minimum Gasteiger partial charge on any atom is -0.418 e. The maximum atomic E-state index is 9.77. The summed E-state index contributed by atoms with van der Waals surface area (Å²) in [5.41, 5.74) is 0. The van der Waals surface area contributed by atoms with Crippen molar-refractivity contribution in [1.82, 2.24) is 0 Å². The van der Waals surface area contributed by atoms with E-state index in [9.17, 15) is 14.7 Å². The van der Waals surface area contributed by atoms with E-state index in [0.29, 0.717) is 17.2 Å². The second-order valence-corrected chi connectivity index (χ2v) is 7.48. The summed E-state index contributed by atoms with van der Waals surface area (Å²) in [6.45, 7) is 0. The normalized spacial score (nSPS) is 11.7. The summed E-state index contributed by atoms with van der Waals surface area (Å²) < 4.78 is 17.7. The van der Waals surface area contributed by atoms with E-state index in [0.717, 1.165) is 0 Å². The fourth-order valence-electron chi connectivity index (χ4n) is 2.42. The van der Waals surface area contributed by atoms with Crippen LogP contribution in [0.25, 0.3) is 0 Å². The maximum Gasteiger partial charge on any atom is 0.461 e. The average Bonchev–Trinajstić information content (AvgIpc) is 2.62. The SMILES string of the molecule is O[P+](O)(O)CC(Oc1ccccc1)(Oc1ccccc1)Oc1ccccc1. The van der Waals surface area contributed by atoms with Crippen molar-refractivity contribution in [1.29, 1.82) is 0 Å². The lowest BCUT2D eigenvalue weighted by atomic mass is 10.3. The first-order valence-corrected chi connectivity index (χ1v) is 10.1. The van der Waals surface area contributed by atoms with Gasteiger partial charge in [-0.05, 0) is 36.4 Å². The van der Waals surface area contributed by atoms with E-state index in [4.69, 9.17) is 14.2 Å². The van der Waals surface area contributed by atoms with Gasteiger partial charge in [0, 0.05) is 0 Å². The first kappa shape index (κ1) is 19.1. The molecule has 0 amide bonds. The molecule has 0 aromatic heterocycles. The largest absolute Gasteiger partial charge is 0.461 e. The summed E-state index contributed by atoms with van der Waals surface area (Å²) in [6.07, 6.45) is -0.696. The van der Waals surface area contributed by atoms with Crippen molar-refractivity contribution in [3.05, 3.63) is 91.0 Å². The van der Waals surface area contributed by atoms with Crippen molar-refractivity contribution in [3.63, 3.8) is 0 Å². The molecule has 0 aliphatic carbocycles. The Kier molecular flexibility index (Phi) is 5.94. The second kappa shape index (κ2) is 8.37. The van der Waals surface area contributed by atoms with Crippen LogP contribution in [0, 0.1) is 0 Å². The summed E-state index contributed by atoms with van der Waals surface area (Å²) in [7, 11) is -4.32. The number of rotatable bonds is 8. The van der Waals surface area contributed by atoms with Gasteiger partial charge in [-0.1, -0.05) is 54.6 Å². The highest BCUT2D eigenvalue weighted by Crippen LogP contribution is 2.49. The molecule has 3 N–H and O–H groups in total. The van der Waals surface area contributed by atoms with Crippen LogP contribution in [0.15, 0.2) is 91.0 Å². The van der Waals surface area contributed by atoms with Crippen LogP contribution >= 0.6 is 7.94 Å². The van der Waals surface area contributed by atoms with Crippen LogP contribution in [0.1, 0.15) is 0 Å². The van der Waals surface area contributed by atoms with E-state index < -0.39 is 20.1 Å². The van der Waals surface area contributed by atoms with Crippen molar-refractivity contribution < 1.29 is 28.9 Å². The molecule has 140 valence electrons. The summed E-state index contributed by atoms with van der Waals surface area (Å²) >= 11 is 0. The number of hydrogen-bond donors (Lipinski definition) is 3. The first-order valence-electron chi connectivity index (χ1n) is 8.23. The highest BCUT2D eigenvalue weighted by Gasteiger charge is 2.53. The van der Waals surface area contributed by atoms with Crippen molar-refractivity contribution in [3.8, 4) is 17.2 Å². The van der Waals surface area contributed by atoms with E-state index >= 15 is 0 Å². The predicted molar refractivity (Wildman–Crippen MR) is 102 cm³/mol. The molecule has 3 rings (SSSR count). The molecule has 3 aromatic rings. The number of hydrogen-bond acceptors (Lipinski definition) is 6. The minimum atomic E-state index is -4.32. The van der Waals surface area contributed by atoms with Gasteiger partial charge < -0.3 is 14.2 Å². The number of para-hydroxylation sites is 3. The van der Waals surface area contributed by atoms with Gasteiger partial charge in [-0.2, -0.15) is 14.7 Å². The molecule has 3 aromatic carbocycles. The molecule has 0 spiro atoms. The molecule has 0 unspecified atom stereocenters. The van der Waals surface area contributed by atoms with E-state index in [1.54, 1.807) is 72.8 Å². The maximum absolute atomic E-state index is 9.77. The van der Waals surface area contributed by atoms with Crippen LogP contribution in [0.2, 0.25) is 0 Å². The molecule has 7 heteroatoms. The van der Waals surface area contributed by atoms with Gasteiger partial charge in [0.25, 0.3) is 6.16 Å². The third-order valence-electron chi connectivity index (χ3n) is 3.46. The standard InChI is InChI=1S/C20H20O6P/c21-27(22,23)16-20(24-17-10-4-1-5-11-17,25-18-12-6-2-7-13-18)26-19-14-8-3-9-15-19/h1-15,21-23H,16H2/q+1. The zero-order chi connectivity index (χ0) is 19.2. The Morgan fingerprint density at radius 3 is 1.11 bits per heavy atom. The van der Waals surface area contributed by atoms with Crippen molar-refractivity contribution >= 4 is 7.94 Å². The number of benzene rings is 3. The van der Waals surface area contributed by atoms with Crippen LogP contribution in [-0.4, -0.2) is 26.8 Å². The monoisotopic (exact) mass is 387 g/mol. The van der Waals surface area contributed by atoms with Gasteiger partial charge in [-0.3, -0.25) is 0 Å². The van der Waals surface area contributed by atoms with Crippen LogP contribution in [-0.2, 0) is 0 Å². The third kappa shape index (κ3) is 5.94. The summed E-state index contributed by atoms with van der Waals surface area (Å²) in [4.78, 5) is 29.3. The third-order valence-corrected chi connectivity index (χ3v) is 4.27. The Morgan fingerprint density at radius 2 is 0.852 bits per heavy atom. The lowest BCUT2D eigenvalue weighted by Crippen LogP contribution is -2.52. The fourth-order valence-corrected chi connectivity index (χ4v) is 3.14. The zero-order valence-corrected chi connectivity index (χ0v) is 15.3. The molecular weight excluding hydrogens is 367 g/mol. The van der Waals surface area contributed by atoms with Crippen LogP contribution < -0.4 is 14.2 Å². The summed E-state index contributed by atoms with van der Waals surface area (Å²) in [6, 6.07) is 26.0. The average molecular weight is 387 g/mol. The van der Waals surface area contributed by atoms with E-state index in [2.05, 4.69) is 0 Å². The smallest absolute Gasteiger partial charge is 0.418 e. The molecular formula is C20H20O6P+. The lowest BCUT2D eigenvalue weighted by Gasteiger charge is -2.32. The first-order chi connectivity index (χ1) is 12.9. The predicted octanol–water partition coefficient (Wildman–Crippen LogP) is 3.62. The van der Waals surface area contributed by atoms with Crippen LogP contribution in [0.4, 0.5) is 0 Å². The Bertz CT molecular complexity index is 720. The van der Waals surface area contributed by atoms with Gasteiger partial charge in [-0.25, -0.2) is 0 Å². The van der Waals surface area contributed by atoms with Crippen molar-refractivity contribution in [2.75, 3.05) is 6.16 Å². The Morgan fingerprint density at radius 1 is 0.556 bits per heavy atom. The van der Waals surface area contributed by atoms with Gasteiger partial charge in [0.05, 0.1) is 0 Å². The number of ether oxygens (including phenoxy) is 3. The van der Waals surface area contributed by atoms with E-state index in [1.807, 2.05) is 18.2 Å². The summed E-state index contributed by atoms with van der Waals surface area (Å²) in [5.74, 6) is -0.885. The molecule has 0 heterocycles. The van der Waals surface area contributed by atoms with Crippen molar-refractivity contribution in [2.45, 2.75) is 5.97 Å². The van der Waals surface area contributed by atoms with Gasteiger partial charge in [0.15, 0.2) is 0 Å². The molecule has 0 aliphatic rings. The van der Waals surface area contributed by atoms with Gasteiger partial charge in [0.2, 0.25) is 0 Å². The Balaban J connectivity index is 2.01.